The van der Waals surface area contributed by atoms with Crippen LogP contribution in [0.3, 0.4) is 0 Å². The van der Waals surface area contributed by atoms with E-state index < -0.39 is 17.7 Å². The molecule has 1 atom stereocenters. The van der Waals surface area contributed by atoms with Crippen molar-refractivity contribution in [1.82, 2.24) is 4.98 Å². The number of Topliss-reactive ketones (excluding diaryl/α,β-unsaturated/α-hetero) is 1. The van der Waals surface area contributed by atoms with Crippen molar-refractivity contribution < 1.29 is 24.5 Å². The number of rotatable bonds is 6. The van der Waals surface area contributed by atoms with Gasteiger partial charge in [0, 0.05) is 23.0 Å². The van der Waals surface area contributed by atoms with E-state index in [1.807, 2.05) is 6.92 Å². The van der Waals surface area contributed by atoms with Crippen molar-refractivity contribution in [3.63, 3.8) is 0 Å². The van der Waals surface area contributed by atoms with Crippen LogP contribution in [0.25, 0.3) is 5.76 Å². The van der Waals surface area contributed by atoms with Crippen molar-refractivity contribution in [1.29, 1.82) is 0 Å². The molecule has 0 aliphatic carbocycles. The van der Waals surface area contributed by atoms with Gasteiger partial charge in [-0.2, -0.15) is 0 Å². The van der Waals surface area contributed by atoms with E-state index in [4.69, 9.17) is 16.3 Å². The van der Waals surface area contributed by atoms with Crippen molar-refractivity contribution in [2.75, 3.05) is 11.5 Å². The lowest BCUT2D eigenvalue weighted by molar-refractivity contribution is -0.132. The number of carbonyl (C=O) groups excluding carboxylic acids is 2. The number of halogens is 1. The minimum absolute atomic E-state index is 0.0563. The van der Waals surface area contributed by atoms with Crippen molar-refractivity contribution in [3.05, 3.63) is 88.7 Å². The number of aromatic nitrogens is 1. The molecule has 168 valence electrons. The quantitative estimate of drug-likeness (QED) is 0.307. The van der Waals surface area contributed by atoms with Gasteiger partial charge in [-0.25, -0.2) is 0 Å². The van der Waals surface area contributed by atoms with E-state index in [-0.39, 0.29) is 27.8 Å². The van der Waals surface area contributed by atoms with Crippen LogP contribution in [0.1, 0.15) is 30.5 Å². The summed E-state index contributed by atoms with van der Waals surface area (Å²) in [5, 5.41) is 21.8. The Morgan fingerprint density at radius 1 is 1.15 bits per heavy atom. The number of aliphatic hydroxyl groups is 1. The number of pyridine rings is 1. The summed E-state index contributed by atoms with van der Waals surface area (Å²) in [7, 11) is 0. The van der Waals surface area contributed by atoms with Crippen LogP contribution in [0.2, 0.25) is 5.02 Å². The number of hydrogen-bond acceptors (Lipinski definition) is 6. The molecule has 1 fully saturated rings. The Bertz CT molecular complexity index is 1230. The van der Waals surface area contributed by atoms with Crippen molar-refractivity contribution >= 4 is 34.7 Å². The molecule has 1 unspecified atom stereocenters. The summed E-state index contributed by atoms with van der Waals surface area (Å²) in [5.74, 6) is -1.72. The molecule has 4 rings (SSSR count). The summed E-state index contributed by atoms with van der Waals surface area (Å²) in [4.78, 5) is 31.5. The van der Waals surface area contributed by atoms with Gasteiger partial charge < -0.3 is 14.9 Å². The van der Waals surface area contributed by atoms with E-state index in [1.54, 1.807) is 42.6 Å². The minimum atomic E-state index is -1.01. The molecule has 1 aliphatic rings. The van der Waals surface area contributed by atoms with Crippen molar-refractivity contribution in [3.8, 4) is 11.5 Å². The Labute approximate surface area is 195 Å². The molecule has 7 nitrogen and oxygen atoms in total. The molecule has 0 bridgehead atoms. The van der Waals surface area contributed by atoms with Gasteiger partial charge in [-0.1, -0.05) is 24.6 Å². The summed E-state index contributed by atoms with van der Waals surface area (Å²) < 4.78 is 5.57. The molecule has 1 amide bonds. The standard InChI is InChI=1S/C25H21ClN2O5/c1-2-12-33-18-8-5-15(6-9-18)23(30)21-22(16-4-3-11-27-14-16)28(25(32)24(21)31)19-13-17(26)7-10-20(19)29/h3-11,13-14,22,29-30H,2,12H2,1H3/b23-21+. The maximum atomic E-state index is 13.1. The molecule has 1 aliphatic heterocycles. The Morgan fingerprint density at radius 2 is 1.91 bits per heavy atom. The SMILES string of the molecule is CCCOc1ccc(/C(O)=C2\C(=O)C(=O)N(c3cc(Cl)ccc3O)C2c2cccnc2)cc1. The Morgan fingerprint density at radius 3 is 2.58 bits per heavy atom. The van der Waals surface area contributed by atoms with Gasteiger partial charge in [0.25, 0.3) is 11.7 Å². The highest BCUT2D eigenvalue weighted by Crippen LogP contribution is 2.45. The highest BCUT2D eigenvalue weighted by atomic mass is 35.5. The monoisotopic (exact) mass is 464 g/mol. The van der Waals surface area contributed by atoms with Gasteiger partial charge in [-0.15, -0.1) is 0 Å². The molecule has 0 spiro atoms. The van der Waals surface area contributed by atoms with Crippen molar-refractivity contribution in [2.24, 2.45) is 0 Å². The minimum Gasteiger partial charge on any atom is -0.507 e. The lowest BCUT2D eigenvalue weighted by atomic mass is 9.96. The van der Waals surface area contributed by atoms with E-state index in [0.717, 1.165) is 11.3 Å². The zero-order valence-corrected chi connectivity index (χ0v) is 18.5. The third kappa shape index (κ3) is 4.27. The molecular weight excluding hydrogens is 444 g/mol. The first-order chi connectivity index (χ1) is 15.9. The number of hydrogen-bond donors (Lipinski definition) is 2. The molecule has 2 heterocycles. The molecule has 8 heteroatoms. The average molecular weight is 465 g/mol. The van der Waals surface area contributed by atoms with Crippen LogP contribution in [0.4, 0.5) is 5.69 Å². The molecule has 0 radical (unpaired) electrons. The molecule has 2 N–H and O–H groups in total. The molecule has 1 aromatic heterocycles. The number of ketones is 1. The Balaban J connectivity index is 1.86. The van der Waals surface area contributed by atoms with Gasteiger partial charge in [0.1, 0.15) is 17.3 Å². The van der Waals surface area contributed by atoms with Crippen LogP contribution < -0.4 is 9.64 Å². The third-order valence-corrected chi connectivity index (χ3v) is 5.48. The zero-order chi connectivity index (χ0) is 23.5. The maximum absolute atomic E-state index is 13.1. The Kier molecular flexibility index (Phi) is 6.33. The fourth-order valence-electron chi connectivity index (χ4n) is 3.71. The summed E-state index contributed by atoms with van der Waals surface area (Å²) in [6, 6.07) is 13.1. The molecule has 3 aromatic rings. The first kappa shape index (κ1) is 22.4. The summed E-state index contributed by atoms with van der Waals surface area (Å²) >= 11 is 6.10. The molecule has 2 aromatic carbocycles. The molecule has 33 heavy (non-hydrogen) atoms. The number of carbonyl (C=O) groups is 2. The second-order valence-corrected chi connectivity index (χ2v) is 7.90. The van der Waals surface area contributed by atoms with E-state index in [9.17, 15) is 19.8 Å². The molecular formula is C25H21ClN2O5. The van der Waals surface area contributed by atoms with Gasteiger partial charge in [0.2, 0.25) is 0 Å². The summed E-state index contributed by atoms with van der Waals surface area (Å²) in [6.45, 7) is 2.55. The zero-order valence-electron chi connectivity index (χ0n) is 17.7. The maximum Gasteiger partial charge on any atom is 0.300 e. The predicted molar refractivity (Wildman–Crippen MR) is 124 cm³/mol. The third-order valence-electron chi connectivity index (χ3n) is 5.24. The fourth-order valence-corrected chi connectivity index (χ4v) is 3.87. The number of anilines is 1. The van der Waals surface area contributed by atoms with Crippen LogP contribution in [-0.2, 0) is 9.59 Å². The number of nitrogens with zero attached hydrogens (tertiary/aromatic N) is 2. The highest BCUT2D eigenvalue weighted by Gasteiger charge is 2.47. The average Bonchev–Trinajstić information content (AvgIpc) is 3.10. The van der Waals surface area contributed by atoms with Crippen molar-refractivity contribution in [2.45, 2.75) is 19.4 Å². The van der Waals surface area contributed by atoms with Gasteiger partial charge in [0.15, 0.2) is 0 Å². The number of aliphatic hydroxyl groups excluding tert-OH is 1. The topological polar surface area (TPSA) is 100.0 Å². The first-order valence-electron chi connectivity index (χ1n) is 10.3. The summed E-state index contributed by atoms with van der Waals surface area (Å²) in [6.07, 6.45) is 3.91. The number of amides is 1. The number of aromatic hydroxyl groups is 1. The largest absolute Gasteiger partial charge is 0.507 e. The van der Waals surface area contributed by atoms with Crippen LogP contribution in [0.5, 0.6) is 11.5 Å². The first-order valence-corrected chi connectivity index (χ1v) is 10.7. The number of ether oxygens (including phenoxy) is 1. The summed E-state index contributed by atoms with van der Waals surface area (Å²) in [5.41, 5.74) is 0.775. The Hall–Kier alpha value is -3.84. The van der Waals surface area contributed by atoms with Crippen LogP contribution in [0.15, 0.2) is 72.6 Å². The smallest absolute Gasteiger partial charge is 0.300 e. The number of benzene rings is 2. The van der Waals surface area contributed by atoms with Gasteiger partial charge in [-0.3, -0.25) is 19.5 Å². The highest BCUT2D eigenvalue weighted by molar-refractivity contribution is 6.52. The van der Waals surface area contributed by atoms with E-state index >= 15 is 0 Å². The van der Waals surface area contributed by atoms with Gasteiger partial charge >= 0.3 is 0 Å². The number of phenols is 1. The van der Waals surface area contributed by atoms with Crippen LogP contribution in [0, 0.1) is 0 Å². The van der Waals surface area contributed by atoms with Gasteiger partial charge in [0.05, 0.1) is 23.9 Å². The van der Waals surface area contributed by atoms with E-state index in [1.165, 1.54) is 24.4 Å². The van der Waals surface area contributed by atoms with E-state index in [0.29, 0.717) is 23.5 Å². The lowest BCUT2D eigenvalue weighted by Gasteiger charge is -2.25. The second-order valence-electron chi connectivity index (χ2n) is 7.46. The van der Waals surface area contributed by atoms with Crippen LogP contribution >= 0.6 is 11.6 Å². The van der Waals surface area contributed by atoms with Crippen LogP contribution in [-0.4, -0.2) is 33.5 Å². The normalized spacial score (nSPS) is 17.4. The van der Waals surface area contributed by atoms with Gasteiger partial charge in [-0.05, 0) is 60.5 Å². The fraction of sp³-hybridized carbons (Fsp3) is 0.160. The second kappa shape index (κ2) is 9.34. The lowest BCUT2D eigenvalue weighted by Crippen LogP contribution is -2.29. The number of phenolic OH excluding ortho intramolecular Hbond substituents is 1. The van der Waals surface area contributed by atoms with E-state index in [2.05, 4.69) is 4.98 Å². The molecule has 1 saturated heterocycles. The predicted octanol–water partition coefficient (Wildman–Crippen LogP) is 4.86. The molecule has 0 saturated carbocycles.